The molecule has 0 spiro atoms. The molecular formula is C28H44BaO4S. The van der Waals surface area contributed by atoms with Crippen LogP contribution >= 0.6 is 0 Å². The third-order valence-electron chi connectivity index (χ3n) is 6.52. The molecule has 188 valence electrons. The largest absolute Gasteiger partial charge is 2.00 e. The van der Waals surface area contributed by atoms with E-state index in [1.165, 1.54) is 83.1 Å². The third-order valence-corrected chi connectivity index (χ3v) is 7.41. The molecule has 0 fully saturated rings. The zero-order chi connectivity index (χ0) is 23.2. The van der Waals surface area contributed by atoms with E-state index in [0.717, 1.165) is 42.2 Å². The average molecular weight is 614 g/mol. The molecule has 0 aliphatic carbocycles. The van der Waals surface area contributed by atoms with Crippen molar-refractivity contribution in [2.75, 3.05) is 0 Å². The van der Waals surface area contributed by atoms with Crippen LogP contribution in [0, 0.1) is 0 Å². The molecule has 0 aromatic heterocycles. The molecule has 0 saturated heterocycles. The van der Waals surface area contributed by atoms with Gasteiger partial charge in [0.05, 0.1) is 4.90 Å². The Kier molecular flexibility index (Phi) is 19.4. The summed E-state index contributed by atoms with van der Waals surface area (Å²) in [4.78, 5) is -0.0720. The molecule has 0 bridgehead atoms. The predicted molar refractivity (Wildman–Crippen MR) is 143 cm³/mol. The number of hydrogen-bond donors (Lipinski definition) is 0. The molecule has 0 atom stereocenters. The van der Waals surface area contributed by atoms with Crippen LogP contribution in [0.4, 0.5) is 0 Å². The molecule has 1 N–H and O–H groups in total. The van der Waals surface area contributed by atoms with Gasteiger partial charge in [0.25, 0.3) is 0 Å². The summed E-state index contributed by atoms with van der Waals surface area (Å²) in [5, 5.41) is 1.54. The first-order chi connectivity index (χ1) is 15.5. The molecule has 2 aromatic rings. The normalized spacial score (nSPS) is 11.3. The Balaban J connectivity index is 0.00000544. The van der Waals surface area contributed by atoms with Crippen LogP contribution in [0.25, 0.3) is 10.8 Å². The van der Waals surface area contributed by atoms with Gasteiger partial charge in [0, 0.05) is 0 Å². The van der Waals surface area contributed by atoms with Crippen molar-refractivity contribution in [2.45, 2.75) is 121 Å². The van der Waals surface area contributed by atoms with E-state index in [1.54, 1.807) is 0 Å². The first-order valence-corrected chi connectivity index (χ1v) is 14.4. The van der Waals surface area contributed by atoms with Crippen LogP contribution < -0.4 is 0 Å². The first kappa shape index (κ1) is 34.1. The zero-order valence-electron chi connectivity index (χ0n) is 21.5. The molecule has 6 heteroatoms. The molecule has 0 saturated carbocycles. The number of hydrogen-bond acceptors (Lipinski definition) is 4. The SMILES string of the molecule is CCCCCCCCCc1ccc2c(CCCCCCCCC)ccc(S(=O)(=O)[O-])c2c1.[Ba+2].[OH-]. The summed E-state index contributed by atoms with van der Waals surface area (Å²) in [6.07, 6.45) is 19.4. The molecule has 0 aliphatic heterocycles. The molecule has 0 aliphatic rings. The summed E-state index contributed by atoms with van der Waals surface area (Å²) in [5.41, 5.74) is 2.28. The number of benzene rings is 2. The molecule has 0 heterocycles. The van der Waals surface area contributed by atoms with Gasteiger partial charge in [-0.3, -0.25) is 0 Å². The topological polar surface area (TPSA) is 87.2 Å². The minimum atomic E-state index is -4.49. The number of fused-ring (bicyclic) bond motifs is 1. The van der Waals surface area contributed by atoms with Crippen molar-refractivity contribution in [3.63, 3.8) is 0 Å². The van der Waals surface area contributed by atoms with Gasteiger partial charge in [-0.25, -0.2) is 8.42 Å². The Labute approximate surface area is 248 Å². The summed E-state index contributed by atoms with van der Waals surface area (Å²) in [6, 6.07) is 9.48. The van der Waals surface area contributed by atoms with Gasteiger partial charge in [0.2, 0.25) is 0 Å². The quantitative estimate of drug-likeness (QED) is 0.104. The van der Waals surface area contributed by atoms with Crippen molar-refractivity contribution in [1.29, 1.82) is 0 Å². The molecule has 2 rings (SSSR count). The fourth-order valence-corrected chi connectivity index (χ4v) is 5.25. The smallest absolute Gasteiger partial charge is 0.870 e. The van der Waals surface area contributed by atoms with E-state index in [-0.39, 0.29) is 59.3 Å². The Morgan fingerprint density at radius 3 is 1.68 bits per heavy atom. The summed E-state index contributed by atoms with van der Waals surface area (Å²) in [5.74, 6) is 0. The maximum Gasteiger partial charge on any atom is 2.00 e. The molecule has 0 unspecified atom stereocenters. The van der Waals surface area contributed by atoms with Crippen molar-refractivity contribution in [3.8, 4) is 0 Å². The van der Waals surface area contributed by atoms with Gasteiger partial charge in [0.15, 0.2) is 0 Å². The first-order valence-electron chi connectivity index (χ1n) is 13.0. The van der Waals surface area contributed by atoms with E-state index in [9.17, 15) is 13.0 Å². The van der Waals surface area contributed by atoms with Gasteiger partial charge in [-0.1, -0.05) is 109 Å². The summed E-state index contributed by atoms with van der Waals surface area (Å²) in [6.45, 7) is 4.47. The fraction of sp³-hybridized carbons (Fsp3) is 0.643. The van der Waals surface area contributed by atoms with Crippen LogP contribution in [0.2, 0.25) is 0 Å². The van der Waals surface area contributed by atoms with Gasteiger partial charge in [0.1, 0.15) is 10.1 Å². The van der Waals surface area contributed by atoms with Crippen LogP contribution in [0.1, 0.15) is 115 Å². The Hall–Kier alpha value is 0.141. The molecular weight excluding hydrogens is 570 g/mol. The predicted octanol–water partition coefficient (Wildman–Crippen LogP) is 7.77. The van der Waals surface area contributed by atoms with Gasteiger partial charge in [-0.05, 0) is 59.7 Å². The second-order valence-electron chi connectivity index (χ2n) is 9.30. The van der Waals surface area contributed by atoms with Crippen LogP contribution in [-0.4, -0.2) is 67.3 Å². The van der Waals surface area contributed by atoms with Gasteiger partial charge < -0.3 is 10.0 Å². The van der Waals surface area contributed by atoms with Crippen LogP contribution in [0.15, 0.2) is 35.2 Å². The van der Waals surface area contributed by atoms with E-state index in [0.29, 0.717) is 5.39 Å². The average Bonchev–Trinajstić information content (AvgIpc) is 2.76. The molecule has 0 amide bonds. The molecule has 34 heavy (non-hydrogen) atoms. The third kappa shape index (κ3) is 12.4. The van der Waals surface area contributed by atoms with Crippen LogP contribution in [0.5, 0.6) is 0 Å². The molecule has 2 aromatic carbocycles. The summed E-state index contributed by atoms with van der Waals surface area (Å²) < 4.78 is 35.7. The van der Waals surface area contributed by atoms with Crippen molar-refractivity contribution in [2.24, 2.45) is 0 Å². The monoisotopic (exact) mass is 614 g/mol. The van der Waals surface area contributed by atoms with Crippen LogP contribution in [-0.2, 0) is 23.0 Å². The Morgan fingerprint density at radius 2 is 1.15 bits per heavy atom. The van der Waals surface area contributed by atoms with Gasteiger partial charge in [-0.2, -0.15) is 0 Å². The maximum absolute atomic E-state index is 11.9. The van der Waals surface area contributed by atoms with E-state index in [4.69, 9.17) is 0 Å². The number of aryl methyl sites for hydroxylation is 2. The second-order valence-corrected chi connectivity index (χ2v) is 10.6. The van der Waals surface area contributed by atoms with Crippen molar-refractivity contribution < 1.29 is 18.4 Å². The van der Waals surface area contributed by atoms with Gasteiger partial charge >= 0.3 is 48.9 Å². The Bertz CT molecular complexity index is 912. The van der Waals surface area contributed by atoms with Crippen molar-refractivity contribution in [1.82, 2.24) is 0 Å². The standard InChI is InChI=1S/C28H44O3S.Ba.H2O/c1-3-5-7-9-11-13-15-17-24-19-21-26-25(18-16-14-12-10-8-6-4-2)20-22-28(27(26)23-24)32(29,30)31;;/h19-23H,3-18H2,1-2H3,(H,29,30,31);;1H2/q;+2;/p-2. The fourth-order valence-electron chi connectivity index (χ4n) is 4.58. The Morgan fingerprint density at radius 1 is 0.647 bits per heavy atom. The van der Waals surface area contributed by atoms with Crippen LogP contribution in [0.3, 0.4) is 0 Å². The number of unbranched alkanes of at least 4 members (excludes halogenated alkanes) is 12. The van der Waals surface area contributed by atoms with Crippen molar-refractivity contribution in [3.05, 3.63) is 41.5 Å². The minimum absolute atomic E-state index is 0. The summed E-state index contributed by atoms with van der Waals surface area (Å²) in [7, 11) is -4.49. The summed E-state index contributed by atoms with van der Waals surface area (Å²) >= 11 is 0. The van der Waals surface area contributed by atoms with E-state index < -0.39 is 10.1 Å². The van der Waals surface area contributed by atoms with E-state index in [2.05, 4.69) is 19.9 Å². The minimum Gasteiger partial charge on any atom is -0.870 e. The second kappa shape index (κ2) is 19.3. The molecule has 4 nitrogen and oxygen atoms in total. The number of rotatable bonds is 17. The van der Waals surface area contributed by atoms with E-state index >= 15 is 0 Å². The molecule has 0 radical (unpaired) electrons. The van der Waals surface area contributed by atoms with E-state index in [1.807, 2.05) is 18.2 Å². The van der Waals surface area contributed by atoms with Crippen molar-refractivity contribution >= 4 is 69.8 Å². The zero-order valence-corrected chi connectivity index (χ0v) is 26.7. The maximum atomic E-state index is 11.9. The van der Waals surface area contributed by atoms with Gasteiger partial charge in [-0.15, -0.1) is 0 Å².